The van der Waals surface area contributed by atoms with Crippen LogP contribution in [0.25, 0.3) is 0 Å². The molecule has 1 N–H and O–H groups in total. The molecule has 0 spiro atoms. The lowest BCUT2D eigenvalue weighted by molar-refractivity contribution is -0.142. The highest BCUT2D eigenvalue weighted by Gasteiger charge is 2.14. The molecule has 19 heavy (non-hydrogen) atoms. The van der Waals surface area contributed by atoms with Crippen molar-refractivity contribution in [2.75, 3.05) is 6.61 Å². The Balaban J connectivity index is 2.78. The molecule has 0 unspecified atom stereocenters. The van der Waals surface area contributed by atoms with Crippen LogP contribution in [-0.2, 0) is 16.0 Å². The molecule has 0 saturated carbocycles. The van der Waals surface area contributed by atoms with Crippen LogP contribution in [0.5, 0.6) is 0 Å². The molecule has 0 saturated heterocycles. The average molecular weight is 263 g/mol. The zero-order chi connectivity index (χ0) is 14.3. The Morgan fingerprint density at radius 2 is 1.95 bits per heavy atom. The molecule has 1 rings (SSSR count). The number of benzene rings is 1. The second-order valence-corrected chi connectivity index (χ2v) is 4.68. The maximum absolute atomic E-state index is 12.0. The van der Waals surface area contributed by atoms with E-state index in [4.69, 9.17) is 4.74 Å². The number of hydrogen-bond acceptors (Lipinski definition) is 3. The zero-order valence-corrected chi connectivity index (χ0v) is 11.7. The smallest absolute Gasteiger partial charge is 0.310 e. The van der Waals surface area contributed by atoms with Crippen molar-refractivity contribution in [3.8, 4) is 0 Å². The number of hydrogen-bond donors (Lipinski definition) is 1. The second kappa shape index (κ2) is 7.56. The molecule has 0 bridgehead atoms. The van der Waals surface area contributed by atoms with E-state index < -0.39 is 0 Å². The average Bonchev–Trinajstić information content (AvgIpc) is 2.36. The number of carbonyl (C=O) groups excluding carboxylic acids is 2. The van der Waals surface area contributed by atoms with Gasteiger partial charge in [0.05, 0.1) is 13.0 Å². The first-order valence-corrected chi connectivity index (χ1v) is 6.59. The van der Waals surface area contributed by atoms with Crippen LogP contribution in [0.3, 0.4) is 0 Å². The quantitative estimate of drug-likeness (QED) is 0.801. The van der Waals surface area contributed by atoms with Gasteiger partial charge in [0, 0.05) is 11.6 Å². The van der Waals surface area contributed by atoms with Crippen molar-refractivity contribution in [1.82, 2.24) is 5.32 Å². The van der Waals surface area contributed by atoms with Crippen LogP contribution < -0.4 is 5.32 Å². The normalized spacial score (nSPS) is 10.3. The topological polar surface area (TPSA) is 55.4 Å². The van der Waals surface area contributed by atoms with E-state index in [1.165, 1.54) is 0 Å². The lowest BCUT2D eigenvalue weighted by Crippen LogP contribution is -2.31. The molecular formula is C15H21NO3. The van der Waals surface area contributed by atoms with Gasteiger partial charge in [-0.25, -0.2) is 0 Å². The van der Waals surface area contributed by atoms with Crippen LogP contribution in [0.2, 0.25) is 0 Å². The number of ether oxygens (including phenoxy) is 1. The van der Waals surface area contributed by atoms with Crippen molar-refractivity contribution in [1.29, 1.82) is 0 Å². The van der Waals surface area contributed by atoms with E-state index in [0.29, 0.717) is 17.7 Å². The zero-order valence-electron chi connectivity index (χ0n) is 11.7. The maximum atomic E-state index is 12.0. The molecule has 0 heterocycles. The monoisotopic (exact) mass is 263 g/mol. The predicted molar refractivity (Wildman–Crippen MR) is 74.0 cm³/mol. The lowest BCUT2D eigenvalue weighted by atomic mass is 10.0. The van der Waals surface area contributed by atoms with E-state index in [1.54, 1.807) is 18.2 Å². The highest BCUT2D eigenvalue weighted by Crippen LogP contribution is 2.10. The summed E-state index contributed by atoms with van der Waals surface area (Å²) in [5.41, 5.74) is 1.23. The van der Waals surface area contributed by atoms with E-state index in [-0.39, 0.29) is 24.3 Å². The van der Waals surface area contributed by atoms with Gasteiger partial charge >= 0.3 is 5.97 Å². The number of carbonyl (C=O) groups is 2. The molecule has 0 radical (unpaired) electrons. The van der Waals surface area contributed by atoms with Crippen molar-refractivity contribution in [3.05, 3.63) is 35.4 Å². The van der Waals surface area contributed by atoms with Crippen LogP contribution in [0.4, 0.5) is 0 Å². The molecule has 0 atom stereocenters. The minimum absolute atomic E-state index is 0.0626. The fourth-order valence-electron chi connectivity index (χ4n) is 1.66. The minimum atomic E-state index is -0.299. The molecule has 4 nitrogen and oxygen atoms in total. The molecule has 0 fully saturated rings. The van der Waals surface area contributed by atoms with E-state index in [9.17, 15) is 9.59 Å². The lowest BCUT2D eigenvalue weighted by Gasteiger charge is -2.12. The van der Waals surface area contributed by atoms with Gasteiger partial charge in [-0.1, -0.05) is 25.1 Å². The van der Waals surface area contributed by atoms with Gasteiger partial charge in [0.1, 0.15) is 0 Å². The number of rotatable bonds is 6. The van der Waals surface area contributed by atoms with Gasteiger partial charge in [0.25, 0.3) is 5.91 Å². The molecule has 1 aromatic rings. The first-order chi connectivity index (χ1) is 9.04. The Labute approximate surface area is 114 Å². The molecular weight excluding hydrogens is 242 g/mol. The Bertz CT molecular complexity index is 441. The standard InChI is InChI=1S/C15H21NO3/c1-4-9-19-14(17)10-12-7-5-6-8-13(12)15(18)16-11(2)3/h5-8,11H,4,9-10H2,1-3H3,(H,16,18). The summed E-state index contributed by atoms with van der Waals surface area (Å²) < 4.78 is 5.04. The van der Waals surface area contributed by atoms with Gasteiger partial charge in [0.2, 0.25) is 0 Å². The summed E-state index contributed by atoms with van der Waals surface area (Å²) >= 11 is 0. The molecule has 0 aliphatic heterocycles. The van der Waals surface area contributed by atoms with Crippen molar-refractivity contribution in [2.45, 2.75) is 39.7 Å². The summed E-state index contributed by atoms with van der Waals surface area (Å²) in [6, 6.07) is 7.17. The Hall–Kier alpha value is -1.84. The molecule has 1 amide bonds. The van der Waals surface area contributed by atoms with Crippen LogP contribution in [-0.4, -0.2) is 24.5 Å². The van der Waals surface area contributed by atoms with Crippen molar-refractivity contribution < 1.29 is 14.3 Å². The van der Waals surface area contributed by atoms with E-state index in [1.807, 2.05) is 26.8 Å². The highest BCUT2D eigenvalue weighted by atomic mass is 16.5. The van der Waals surface area contributed by atoms with E-state index in [2.05, 4.69) is 5.32 Å². The third-order valence-corrected chi connectivity index (χ3v) is 2.48. The third-order valence-electron chi connectivity index (χ3n) is 2.48. The highest BCUT2D eigenvalue weighted by molar-refractivity contribution is 5.96. The summed E-state index contributed by atoms with van der Waals surface area (Å²) in [5.74, 6) is -0.458. The van der Waals surface area contributed by atoms with Gasteiger partial charge in [-0.05, 0) is 31.9 Å². The molecule has 1 aromatic carbocycles. The number of amides is 1. The molecule has 4 heteroatoms. The Morgan fingerprint density at radius 3 is 2.58 bits per heavy atom. The maximum Gasteiger partial charge on any atom is 0.310 e. The number of nitrogens with one attached hydrogen (secondary N) is 1. The molecule has 104 valence electrons. The molecule has 0 aromatic heterocycles. The first-order valence-electron chi connectivity index (χ1n) is 6.59. The predicted octanol–water partition coefficient (Wildman–Crippen LogP) is 2.32. The van der Waals surface area contributed by atoms with Gasteiger partial charge in [-0.15, -0.1) is 0 Å². The van der Waals surface area contributed by atoms with Crippen molar-refractivity contribution >= 4 is 11.9 Å². The van der Waals surface area contributed by atoms with Crippen LogP contribution >= 0.6 is 0 Å². The van der Waals surface area contributed by atoms with Gasteiger partial charge in [-0.2, -0.15) is 0 Å². The largest absolute Gasteiger partial charge is 0.465 e. The molecule has 0 aliphatic rings. The third kappa shape index (κ3) is 5.12. The second-order valence-electron chi connectivity index (χ2n) is 4.68. The Morgan fingerprint density at radius 1 is 1.26 bits per heavy atom. The molecule has 0 aliphatic carbocycles. The number of esters is 1. The van der Waals surface area contributed by atoms with Gasteiger partial charge in [0.15, 0.2) is 0 Å². The Kier molecular flexibility index (Phi) is 6.06. The van der Waals surface area contributed by atoms with Crippen LogP contribution in [0.1, 0.15) is 43.1 Å². The van der Waals surface area contributed by atoms with E-state index in [0.717, 1.165) is 6.42 Å². The SMILES string of the molecule is CCCOC(=O)Cc1ccccc1C(=O)NC(C)C. The van der Waals surface area contributed by atoms with Crippen molar-refractivity contribution in [2.24, 2.45) is 0 Å². The van der Waals surface area contributed by atoms with Crippen LogP contribution in [0, 0.1) is 0 Å². The fraction of sp³-hybridized carbons (Fsp3) is 0.467. The van der Waals surface area contributed by atoms with Gasteiger partial charge < -0.3 is 10.1 Å². The van der Waals surface area contributed by atoms with Crippen LogP contribution in [0.15, 0.2) is 24.3 Å². The first kappa shape index (κ1) is 15.2. The summed E-state index contributed by atoms with van der Waals surface area (Å²) in [6.07, 6.45) is 0.920. The minimum Gasteiger partial charge on any atom is -0.465 e. The van der Waals surface area contributed by atoms with E-state index >= 15 is 0 Å². The summed E-state index contributed by atoms with van der Waals surface area (Å²) in [6.45, 7) is 6.16. The summed E-state index contributed by atoms with van der Waals surface area (Å²) in [4.78, 5) is 23.6. The fourth-order valence-corrected chi connectivity index (χ4v) is 1.66. The van der Waals surface area contributed by atoms with Crippen molar-refractivity contribution in [3.63, 3.8) is 0 Å². The summed E-state index contributed by atoms with van der Waals surface area (Å²) in [5, 5.41) is 2.82. The van der Waals surface area contributed by atoms with Gasteiger partial charge in [-0.3, -0.25) is 9.59 Å². The summed E-state index contributed by atoms with van der Waals surface area (Å²) in [7, 11) is 0.